The number of rotatable bonds is 3. The molecule has 1 fully saturated rings. The first-order chi connectivity index (χ1) is 17.1. The van der Waals surface area contributed by atoms with Crippen LogP contribution in [0.5, 0.6) is 0 Å². The molecule has 1 aliphatic heterocycles. The van der Waals surface area contributed by atoms with E-state index < -0.39 is 22.9 Å². The zero-order chi connectivity index (χ0) is 27.3. The minimum absolute atomic E-state index is 0.00987. The number of carbonyl (C=O) groups excluding carboxylic acids is 1. The third-order valence-corrected chi connectivity index (χ3v) is 7.40. The van der Waals surface area contributed by atoms with Gasteiger partial charge in [-0.3, -0.25) is 14.8 Å². The predicted octanol–water partition coefficient (Wildman–Crippen LogP) is 5.29. The minimum atomic E-state index is -4.45. The molecule has 10 heteroatoms. The van der Waals surface area contributed by atoms with Crippen molar-refractivity contribution in [2.45, 2.75) is 71.4 Å². The standard InChI is InChI=1S/C27H31F4N5O/c1-16-19(8-7-9-21(16)27(29,30)31)13-33-24-20-12-23(32-14-22(20)35(6)17(2)34-24)26(28)10-11-36(18(3)37)25(4,5)15-26/h7-9,12,14H,10-11,13,15H2,1-6H3. The second kappa shape index (κ2) is 9.22. The van der Waals surface area contributed by atoms with Crippen LogP contribution in [0.3, 0.4) is 0 Å². The molecule has 1 unspecified atom stereocenters. The molecule has 1 amide bonds. The third-order valence-electron chi connectivity index (χ3n) is 7.40. The summed E-state index contributed by atoms with van der Waals surface area (Å²) in [5.41, 5.74) is -1.37. The molecule has 0 N–H and O–H groups in total. The van der Waals surface area contributed by atoms with Crippen LogP contribution < -0.4 is 5.49 Å². The summed E-state index contributed by atoms with van der Waals surface area (Å²) in [7, 11) is 1.81. The van der Waals surface area contributed by atoms with Crippen molar-refractivity contribution in [2.24, 2.45) is 12.0 Å². The van der Waals surface area contributed by atoms with Crippen LogP contribution in [0.2, 0.25) is 0 Å². The molecule has 3 aromatic rings. The predicted molar refractivity (Wildman–Crippen MR) is 132 cm³/mol. The molecule has 3 heterocycles. The van der Waals surface area contributed by atoms with Gasteiger partial charge in [-0.15, -0.1) is 0 Å². The summed E-state index contributed by atoms with van der Waals surface area (Å²) in [6.45, 7) is 8.64. The Morgan fingerprint density at radius 3 is 2.54 bits per heavy atom. The number of halogens is 4. The molecule has 1 aliphatic rings. The highest BCUT2D eigenvalue weighted by Crippen LogP contribution is 2.43. The maximum absolute atomic E-state index is 16.4. The lowest BCUT2D eigenvalue weighted by molar-refractivity contribution is -0.141. The molecule has 37 heavy (non-hydrogen) atoms. The number of amides is 1. The summed E-state index contributed by atoms with van der Waals surface area (Å²) in [4.78, 5) is 27.3. The molecule has 6 nitrogen and oxygen atoms in total. The molecule has 1 aromatic carbocycles. The van der Waals surface area contributed by atoms with Crippen LogP contribution in [0, 0.1) is 13.8 Å². The quantitative estimate of drug-likeness (QED) is 0.444. The molecule has 1 atom stereocenters. The van der Waals surface area contributed by atoms with Gasteiger partial charge in [0.2, 0.25) is 5.91 Å². The summed E-state index contributed by atoms with van der Waals surface area (Å²) in [6.07, 6.45) is -2.68. The van der Waals surface area contributed by atoms with Crippen LogP contribution in [0.1, 0.15) is 61.8 Å². The van der Waals surface area contributed by atoms with Crippen molar-refractivity contribution >= 4 is 16.8 Å². The molecule has 1 saturated heterocycles. The van der Waals surface area contributed by atoms with Gasteiger partial charge >= 0.3 is 6.18 Å². The molecule has 0 aliphatic carbocycles. The number of hydrogen-bond donors (Lipinski definition) is 0. The highest BCUT2D eigenvalue weighted by atomic mass is 19.4. The van der Waals surface area contributed by atoms with Crippen molar-refractivity contribution in [3.63, 3.8) is 0 Å². The Morgan fingerprint density at radius 2 is 1.92 bits per heavy atom. The topological polar surface area (TPSA) is 63.4 Å². The van der Waals surface area contributed by atoms with E-state index in [-0.39, 0.29) is 43.1 Å². The Morgan fingerprint density at radius 1 is 1.22 bits per heavy atom. The van der Waals surface area contributed by atoms with Gasteiger partial charge in [-0.05, 0) is 51.0 Å². The van der Waals surface area contributed by atoms with Crippen LogP contribution in [0.25, 0.3) is 10.9 Å². The number of hydrogen-bond acceptors (Lipinski definition) is 4. The van der Waals surface area contributed by atoms with E-state index in [1.54, 1.807) is 30.2 Å². The SMILES string of the molecule is CC(=O)N1CCC(F)(c2cc3c(=NCc4cccc(C(F)(F)F)c4C)nc(C)n(C)c3cn2)CC1(C)C. The molecule has 2 aromatic heterocycles. The molecule has 4 rings (SSSR count). The number of piperidine rings is 1. The van der Waals surface area contributed by atoms with Crippen LogP contribution in [0.15, 0.2) is 35.5 Å². The van der Waals surface area contributed by atoms with E-state index in [2.05, 4.69) is 15.0 Å². The third kappa shape index (κ3) is 4.98. The van der Waals surface area contributed by atoms with Gasteiger partial charge in [-0.1, -0.05) is 12.1 Å². The summed E-state index contributed by atoms with van der Waals surface area (Å²) in [5, 5.41) is 0.562. The number of aryl methyl sites for hydroxylation is 2. The fourth-order valence-electron chi connectivity index (χ4n) is 5.31. The Kier molecular flexibility index (Phi) is 6.67. The van der Waals surface area contributed by atoms with Crippen molar-refractivity contribution in [3.8, 4) is 0 Å². The Hall–Kier alpha value is -3.30. The monoisotopic (exact) mass is 517 g/mol. The number of alkyl halides is 4. The van der Waals surface area contributed by atoms with Crippen LogP contribution in [-0.4, -0.2) is 37.4 Å². The Balaban J connectivity index is 1.80. The number of likely N-dealkylation sites (tertiary alicyclic amines) is 1. The molecular weight excluding hydrogens is 486 g/mol. The van der Waals surface area contributed by atoms with E-state index >= 15 is 4.39 Å². The molecule has 0 spiro atoms. The van der Waals surface area contributed by atoms with Gasteiger partial charge in [0.15, 0.2) is 11.2 Å². The number of fused-ring (bicyclic) bond motifs is 1. The van der Waals surface area contributed by atoms with Gasteiger partial charge in [0.25, 0.3) is 0 Å². The van der Waals surface area contributed by atoms with Crippen LogP contribution in [0.4, 0.5) is 17.6 Å². The Bertz CT molecular complexity index is 1440. The minimum Gasteiger partial charge on any atom is -0.338 e. The molecule has 198 valence electrons. The first-order valence-corrected chi connectivity index (χ1v) is 12.1. The molecule has 0 saturated carbocycles. The van der Waals surface area contributed by atoms with Gasteiger partial charge in [0.05, 0.1) is 29.5 Å². The number of carbonyl (C=O) groups is 1. The second-order valence-corrected chi connectivity index (χ2v) is 10.4. The number of nitrogens with zero attached hydrogens (tertiary/aromatic N) is 5. The Labute approximate surface area is 213 Å². The zero-order valence-electron chi connectivity index (χ0n) is 21.9. The first kappa shape index (κ1) is 26.8. The van der Waals surface area contributed by atoms with Gasteiger partial charge in [0, 0.05) is 44.3 Å². The van der Waals surface area contributed by atoms with E-state index in [9.17, 15) is 18.0 Å². The van der Waals surface area contributed by atoms with Crippen molar-refractivity contribution in [1.29, 1.82) is 0 Å². The summed E-state index contributed by atoms with van der Waals surface area (Å²) < 4.78 is 58.3. The van der Waals surface area contributed by atoms with Crippen molar-refractivity contribution in [2.75, 3.05) is 6.54 Å². The maximum Gasteiger partial charge on any atom is 0.416 e. The second-order valence-electron chi connectivity index (χ2n) is 10.4. The number of pyridine rings is 1. The van der Waals surface area contributed by atoms with E-state index in [0.717, 1.165) is 6.07 Å². The zero-order valence-corrected chi connectivity index (χ0v) is 21.9. The number of aromatic nitrogens is 3. The number of benzene rings is 1. The van der Waals surface area contributed by atoms with Crippen LogP contribution in [-0.2, 0) is 30.2 Å². The summed E-state index contributed by atoms with van der Waals surface area (Å²) in [5.74, 6) is 0.531. The van der Waals surface area contributed by atoms with Crippen molar-refractivity contribution in [1.82, 2.24) is 19.4 Å². The first-order valence-electron chi connectivity index (χ1n) is 12.1. The maximum atomic E-state index is 16.4. The molecule has 0 radical (unpaired) electrons. The largest absolute Gasteiger partial charge is 0.416 e. The van der Waals surface area contributed by atoms with Crippen molar-refractivity contribution < 1.29 is 22.4 Å². The highest BCUT2D eigenvalue weighted by Gasteiger charge is 2.47. The van der Waals surface area contributed by atoms with Gasteiger partial charge in [0.1, 0.15) is 5.82 Å². The lowest BCUT2D eigenvalue weighted by Gasteiger charge is -2.47. The lowest BCUT2D eigenvalue weighted by Crippen LogP contribution is -2.55. The molecular formula is C27H31F4N5O. The summed E-state index contributed by atoms with van der Waals surface area (Å²) >= 11 is 0. The van der Waals surface area contributed by atoms with E-state index in [1.165, 1.54) is 19.9 Å². The van der Waals surface area contributed by atoms with Crippen LogP contribution >= 0.6 is 0 Å². The van der Waals surface area contributed by atoms with Crippen molar-refractivity contribution in [3.05, 3.63) is 64.2 Å². The fraction of sp³-hybridized carbons (Fsp3) is 0.481. The fourth-order valence-corrected chi connectivity index (χ4v) is 5.31. The smallest absolute Gasteiger partial charge is 0.338 e. The van der Waals surface area contributed by atoms with E-state index in [0.29, 0.717) is 27.8 Å². The van der Waals surface area contributed by atoms with Gasteiger partial charge < -0.3 is 9.47 Å². The highest BCUT2D eigenvalue weighted by molar-refractivity contribution is 5.78. The lowest BCUT2D eigenvalue weighted by atomic mass is 9.78. The summed E-state index contributed by atoms with van der Waals surface area (Å²) in [6, 6.07) is 5.67. The molecule has 0 bridgehead atoms. The normalized spacial score (nSPS) is 20.5. The average Bonchev–Trinajstić information content (AvgIpc) is 2.79. The average molecular weight is 518 g/mol. The van der Waals surface area contributed by atoms with Gasteiger partial charge in [-0.2, -0.15) is 13.2 Å². The van der Waals surface area contributed by atoms with E-state index in [4.69, 9.17) is 0 Å². The van der Waals surface area contributed by atoms with Gasteiger partial charge in [-0.25, -0.2) is 9.37 Å². The van der Waals surface area contributed by atoms with E-state index in [1.807, 2.05) is 25.5 Å².